The van der Waals surface area contributed by atoms with E-state index >= 15 is 0 Å². The van der Waals surface area contributed by atoms with Gasteiger partial charge in [0, 0.05) is 119 Å². The number of para-hydroxylation sites is 5. The molecule has 0 saturated carbocycles. The zero-order valence-corrected chi connectivity index (χ0v) is 72.4. The first-order valence-corrected chi connectivity index (χ1v) is 46.1. The maximum absolute atomic E-state index is 6.30. The number of hydrogen-bond donors (Lipinski definition) is 0. The van der Waals surface area contributed by atoms with Crippen LogP contribution in [0.2, 0.25) is 0 Å². The van der Waals surface area contributed by atoms with E-state index in [9.17, 15) is 0 Å². The minimum absolute atomic E-state index is 0.855. The molecule has 11 nitrogen and oxygen atoms in total. The van der Waals surface area contributed by atoms with Crippen LogP contribution in [0.25, 0.3) is 284 Å². The van der Waals surface area contributed by atoms with Gasteiger partial charge in [-0.3, -0.25) is 18.2 Å². The zero-order valence-electron chi connectivity index (χ0n) is 71.6. The van der Waals surface area contributed by atoms with Gasteiger partial charge in [0.2, 0.25) is 0 Å². The first kappa shape index (κ1) is 74.1. The average Bonchev–Trinajstić information content (AvgIpc) is 1.53. The number of rotatable bonds is 6. The van der Waals surface area contributed by atoms with Crippen molar-refractivity contribution in [2.75, 3.05) is 0 Å². The lowest BCUT2D eigenvalue weighted by atomic mass is 9.94. The van der Waals surface area contributed by atoms with Crippen LogP contribution in [0.1, 0.15) is 0 Å². The Morgan fingerprint density at radius 1 is 0.201 bits per heavy atom. The van der Waals surface area contributed by atoms with Crippen molar-refractivity contribution in [3.8, 4) is 61.5 Å². The Morgan fingerprint density at radius 2 is 0.552 bits per heavy atom. The molecular formula is C122H70N8O3S. The van der Waals surface area contributed by atoms with Gasteiger partial charge in [-0.1, -0.05) is 297 Å². The molecule has 12 aromatic heterocycles. The van der Waals surface area contributed by atoms with Crippen molar-refractivity contribution in [3.63, 3.8) is 0 Å². The number of thiophene rings is 1. The molecule has 0 aliphatic rings. The van der Waals surface area contributed by atoms with E-state index in [0.717, 1.165) is 160 Å². The molecule has 0 saturated heterocycles. The van der Waals surface area contributed by atoms with Crippen LogP contribution in [-0.4, -0.2) is 37.7 Å². The number of furan rings is 3. The van der Waals surface area contributed by atoms with E-state index in [2.05, 4.69) is 388 Å². The molecule has 0 bridgehead atoms. The summed E-state index contributed by atoms with van der Waals surface area (Å²) in [7, 11) is 0. The van der Waals surface area contributed by atoms with Crippen molar-refractivity contribution in [2.24, 2.45) is 0 Å². The van der Waals surface area contributed by atoms with Crippen molar-refractivity contribution in [2.45, 2.75) is 0 Å². The number of pyridine rings is 4. The topological polar surface area (TPSA) is 109 Å². The van der Waals surface area contributed by atoms with Gasteiger partial charge < -0.3 is 17.8 Å². The summed E-state index contributed by atoms with van der Waals surface area (Å²) < 4.78 is 30.5. The zero-order chi connectivity index (χ0) is 87.5. The Hall–Kier alpha value is -17.8. The molecule has 0 spiro atoms. The van der Waals surface area contributed by atoms with Gasteiger partial charge in [-0.2, -0.15) is 0 Å². The lowest BCUT2D eigenvalue weighted by Crippen LogP contribution is -1.94. The summed E-state index contributed by atoms with van der Waals surface area (Å²) in [6.45, 7) is 0. The Balaban J connectivity index is 0.0000000983. The van der Waals surface area contributed by atoms with Crippen LogP contribution >= 0.6 is 11.3 Å². The van der Waals surface area contributed by atoms with Crippen LogP contribution in [0.3, 0.4) is 0 Å². The maximum atomic E-state index is 6.30. The fourth-order valence-corrected chi connectivity index (χ4v) is 22.6. The molecule has 19 aromatic carbocycles. The number of imidazole rings is 3. The average molecular weight is 1730 g/mol. The van der Waals surface area contributed by atoms with E-state index in [1.54, 1.807) is 0 Å². The van der Waals surface area contributed by atoms with Crippen LogP contribution < -0.4 is 0 Å². The van der Waals surface area contributed by atoms with E-state index in [4.69, 9.17) is 33.2 Å². The number of fused-ring (bicyclic) bond motifs is 39. The lowest BCUT2D eigenvalue weighted by molar-refractivity contribution is 0.666. The molecule has 0 atom stereocenters. The predicted octanol–water partition coefficient (Wildman–Crippen LogP) is 33.3. The van der Waals surface area contributed by atoms with E-state index in [1.807, 2.05) is 66.1 Å². The molecule has 0 radical (unpaired) electrons. The van der Waals surface area contributed by atoms with Gasteiger partial charge in [-0.25, -0.2) is 15.0 Å². The summed E-state index contributed by atoms with van der Waals surface area (Å²) in [6, 6.07) is 143. The first-order valence-electron chi connectivity index (χ1n) is 45.2. The van der Waals surface area contributed by atoms with Crippen molar-refractivity contribution < 1.29 is 13.3 Å². The van der Waals surface area contributed by atoms with Crippen molar-refractivity contribution in [1.82, 2.24) is 37.7 Å². The number of nitrogens with zero attached hydrogens (tertiary/aromatic N) is 8. The second-order valence-corrected chi connectivity index (χ2v) is 36.2. The number of aromatic nitrogens is 8. The fourth-order valence-electron chi connectivity index (χ4n) is 21.5. The molecule has 31 aromatic rings. The Kier molecular flexibility index (Phi) is 15.9. The second-order valence-electron chi connectivity index (χ2n) is 35.1. The summed E-state index contributed by atoms with van der Waals surface area (Å²) in [5, 5.41) is 25.9. The molecule has 134 heavy (non-hydrogen) atoms. The summed E-state index contributed by atoms with van der Waals surface area (Å²) in [5.74, 6) is 0. The van der Waals surface area contributed by atoms with Gasteiger partial charge >= 0.3 is 0 Å². The maximum Gasteiger partial charge on any atom is 0.152 e. The van der Waals surface area contributed by atoms with Crippen molar-refractivity contribution in [3.05, 3.63) is 425 Å². The SMILES string of the molecule is c1cc(-c2ccc3c(c2)c2ccccc2c2nc4cc5c(cn4c32)oc2ccccc25)cc(-n2c3ccccc3c3ccccc32)c1.c1cc(-c2ccc3c(c2)sc2ccccc23)cc(-c2ccc3c(c2)c2ccccc2c2nc4cc5c(cn4c32)oc2ccccc25)c1.c1ccc(-c2ccc(-c3ccc4c(c3)c3ccccc3c3nc5cc6c(cn5c43)oc3ccccc36)nc2)cc1. The van der Waals surface area contributed by atoms with E-state index < -0.39 is 0 Å². The van der Waals surface area contributed by atoms with Crippen molar-refractivity contribution in [1.29, 1.82) is 0 Å². The highest BCUT2D eigenvalue weighted by atomic mass is 32.1. The smallest absolute Gasteiger partial charge is 0.152 e. The molecule has 0 aliphatic heterocycles. The predicted molar refractivity (Wildman–Crippen MR) is 557 cm³/mol. The molecular weight excluding hydrogens is 1660 g/mol. The van der Waals surface area contributed by atoms with Crippen LogP contribution in [0, 0.1) is 0 Å². The normalized spacial score (nSPS) is 12.2. The third-order valence-electron chi connectivity index (χ3n) is 27.7. The van der Waals surface area contributed by atoms with Crippen molar-refractivity contribution >= 4 is 234 Å². The quantitative estimate of drug-likeness (QED) is 0.153. The lowest BCUT2D eigenvalue weighted by Gasteiger charge is -2.12. The van der Waals surface area contributed by atoms with Gasteiger partial charge in [-0.15, -0.1) is 11.3 Å². The first-order chi connectivity index (χ1) is 66.4. The van der Waals surface area contributed by atoms with Crippen LogP contribution in [0.4, 0.5) is 0 Å². The third kappa shape index (κ3) is 11.3. The van der Waals surface area contributed by atoms with Crippen LogP contribution in [-0.2, 0) is 0 Å². The van der Waals surface area contributed by atoms with Gasteiger partial charge in [0.1, 0.15) is 33.7 Å². The molecule has 622 valence electrons. The van der Waals surface area contributed by atoms with Gasteiger partial charge in [0.05, 0.1) is 68.4 Å². The number of benzene rings is 19. The summed E-state index contributed by atoms with van der Waals surface area (Å²) in [5.41, 5.74) is 29.4. The summed E-state index contributed by atoms with van der Waals surface area (Å²) >= 11 is 1.86. The highest BCUT2D eigenvalue weighted by molar-refractivity contribution is 7.25. The highest BCUT2D eigenvalue weighted by Gasteiger charge is 2.25. The Bertz CT molecular complexity index is 10400. The standard InChI is InChI=1S/C43H25N3O.C43H24N2OS.C36H21N3O/c1-2-16-33-29(12-1)35-23-27(26-10-9-11-28(22-26)46-37-17-6-3-13-30(37)31-14-4-7-18-38(31)46)20-21-34(35)43-42(33)44-41-24-36-32-15-5-8-19-39(32)47-40(36)25-45(41)43;1-2-13-33-29(10-1)35-21-27(25-8-7-9-26(20-25)28-16-18-32-31-12-4-6-15-39(31)47-40(32)22-28)17-19-34(35)43-42(33)44-41-23-36-30-11-3-5-14-37(30)46-38(36)24-45(41)43;1-2-8-22(9-3-1)24-15-17-31(37-20-24)23-14-16-28-29(18-23)25-10-4-5-12-27(25)35-36(28)39-21-33-30(19-34(39)38-35)26-11-6-7-13-32(26)40-33/h1-25H;1-24H;1-21H. The molecule has 12 heterocycles. The monoisotopic (exact) mass is 1730 g/mol. The summed E-state index contributed by atoms with van der Waals surface area (Å²) in [4.78, 5) is 20.4. The van der Waals surface area contributed by atoms with E-state index in [-0.39, 0.29) is 0 Å². The largest absolute Gasteiger partial charge is 0.455 e. The molecule has 0 N–H and O–H groups in total. The Morgan fingerprint density at radius 3 is 1.02 bits per heavy atom. The van der Waals surface area contributed by atoms with Crippen LogP contribution in [0.15, 0.2) is 438 Å². The molecule has 12 heteroatoms. The van der Waals surface area contributed by atoms with Gasteiger partial charge in [0.15, 0.2) is 16.7 Å². The minimum Gasteiger partial charge on any atom is -0.455 e. The second kappa shape index (κ2) is 28.8. The van der Waals surface area contributed by atoms with Gasteiger partial charge in [-0.05, 0) is 174 Å². The highest BCUT2D eigenvalue weighted by Crippen LogP contribution is 2.47. The van der Waals surface area contributed by atoms with Gasteiger partial charge in [0.25, 0.3) is 0 Å². The Labute approximate surface area is 766 Å². The van der Waals surface area contributed by atoms with E-state index in [1.165, 1.54) is 124 Å². The molecule has 0 unspecified atom stereocenters. The molecule has 31 rings (SSSR count). The summed E-state index contributed by atoms with van der Waals surface area (Å²) in [6.07, 6.45) is 8.27. The van der Waals surface area contributed by atoms with Crippen LogP contribution in [0.5, 0.6) is 0 Å². The number of hydrogen-bond acceptors (Lipinski definition) is 8. The molecule has 0 fully saturated rings. The minimum atomic E-state index is 0.855. The van der Waals surface area contributed by atoms with E-state index in [0.29, 0.717) is 0 Å². The molecule has 0 aliphatic carbocycles. The third-order valence-corrected chi connectivity index (χ3v) is 28.8. The fraction of sp³-hybridized carbons (Fsp3) is 0. The molecule has 0 amide bonds.